The molecule has 0 atom stereocenters. The van der Waals surface area contributed by atoms with Gasteiger partial charge < -0.3 is 0 Å². The highest BCUT2D eigenvalue weighted by Crippen LogP contribution is 2.67. The van der Waals surface area contributed by atoms with Gasteiger partial charge in [0.25, 0.3) is 0 Å². The molecule has 0 bridgehead atoms. The van der Waals surface area contributed by atoms with Gasteiger partial charge in [-0.15, -0.1) is 11.3 Å². The molecule has 0 fully saturated rings. The van der Waals surface area contributed by atoms with Crippen molar-refractivity contribution in [1.82, 2.24) is 0 Å². The first-order valence-electron chi connectivity index (χ1n) is 8.67. The molecule has 1 aromatic heterocycles. The van der Waals surface area contributed by atoms with Gasteiger partial charge in [-0.1, -0.05) is 49.6 Å². The Morgan fingerprint density at radius 3 is 2.46 bits per heavy atom. The average Bonchev–Trinajstić information content (AvgIpc) is 3.14. The molecule has 2 heterocycles. The Labute approximate surface area is 159 Å². The molecule has 128 valence electrons. The van der Waals surface area contributed by atoms with Crippen molar-refractivity contribution in [2.24, 2.45) is 0 Å². The number of benzene rings is 3. The van der Waals surface area contributed by atoms with Crippen LogP contribution >= 0.6 is 21.4 Å². The first-order valence-corrected chi connectivity index (χ1v) is 11.9. The molecule has 26 heavy (non-hydrogen) atoms. The quantitative estimate of drug-likeness (QED) is 0.337. The molecule has 3 aromatic carbocycles. The van der Waals surface area contributed by atoms with Crippen LogP contribution in [0.25, 0.3) is 44.1 Å². The summed E-state index contributed by atoms with van der Waals surface area (Å²) in [5, 5.41) is 3.96. The highest BCUT2D eigenvalue weighted by atomic mass is 32.3. The Morgan fingerprint density at radius 2 is 1.69 bits per heavy atom. The van der Waals surface area contributed by atoms with Crippen LogP contribution in [0.2, 0.25) is 0 Å². The molecular formula is C24H20S2. The fraction of sp³-hybridized carbons (Fsp3) is 0.0833. The van der Waals surface area contributed by atoms with Gasteiger partial charge in [0.15, 0.2) is 0 Å². The van der Waals surface area contributed by atoms with Gasteiger partial charge in [-0.2, -0.15) is 10.0 Å². The lowest BCUT2D eigenvalue weighted by molar-refractivity contribution is 1.46. The van der Waals surface area contributed by atoms with Crippen LogP contribution in [0.4, 0.5) is 0 Å². The van der Waals surface area contributed by atoms with Gasteiger partial charge in [0, 0.05) is 30.3 Å². The van der Waals surface area contributed by atoms with Crippen LogP contribution in [0.3, 0.4) is 0 Å². The van der Waals surface area contributed by atoms with Crippen LogP contribution in [0, 0.1) is 0 Å². The first kappa shape index (κ1) is 15.9. The molecule has 2 heteroatoms. The number of hydrogen-bond acceptors (Lipinski definition) is 1. The number of hydrogen-bond donors (Lipinski definition) is 0. The van der Waals surface area contributed by atoms with E-state index in [9.17, 15) is 0 Å². The van der Waals surface area contributed by atoms with E-state index in [-0.39, 0.29) is 0 Å². The summed E-state index contributed by atoms with van der Waals surface area (Å²) in [5.41, 5.74) is 4.02. The fourth-order valence-electron chi connectivity index (χ4n) is 4.23. The lowest BCUT2D eigenvalue weighted by Gasteiger charge is -2.28. The van der Waals surface area contributed by atoms with Crippen molar-refractivity contribution in [2.45, 2.75) is 9.79 Å². The van der Waals surface area contributed by atoms with Crippen molar-refractivity contribution in [3.05, 3.63) is 72.1 Å². The Bertz CT molecular complexity index is 1240. The van der Waals surface area contributed by atoms with E-state index in [1.165, 1.54) is 52.2 Å². The Balaban J connectivity index is 1.96. The molecule has 0 saturated carbocycles. The minimum absolute atomic E-state index is 0.959. The third-order valence-electron chi connectivity index (χ3n) is 5.50. The minimum Gasteiger partial charge on any atom is -0.192 e. The molecule has 1 aliphatic rings. The van der Waals surface area contributed by atoms with Gasteiger partial charge in [-0.25, -0.2) is 0 Å². The zero-order chi connectivity index (χ0) is 18.1. The molecule has 4 aromatic rings. The standard InChI is InChI=1S/C24H20S2/c1-5-16-20(6-2)25-21-12-11-15-13-23-19(14-18(15)24(16)21)17-9-7-8-10-22(17)26(23,3)4/h5-14H,1-2H2,3-4H3. The van der Waals surface area contributed by atoms with Gasteiger partial charge in [0.2, 0.25) is 0 Å². The summed E-state index contributed by atoms with van der Waals surface area (Å²) >= 11 is 1.80. The van der Waals surface area contributed by atoms with Crippen molar-refractivity contribution < 1.29 is 0 Å². The van der Waals surface area contributed by atoms with Gasteiger partial charge >= 0.3 is 0 Å². The van der Waals surface area contributed by atoms with Crippen LogP contribution < -0.4 is 0 Å². The van der Waals surface area contributed by atoms with E-state index in [1.807, 2.05) is 12.2 Å². The predicted molar refractivity (Wildman–Crippen MR) is 121 cm³/mol. The zero-order valence-electron chi connectivity index (χ0n) is 15.0. The predicted octanol–water partition coefficient (Wildman–Crippen LogP) is 7.80. The van der Waals surface area contributed by atoms with Crippen LogP contribution in [0.1, 0.15) is 10.4 Å². The van der Waals surface area contributed by atoms with Crippen LogP contribution in [-0.4, -0.2) is 12.5 Å². The molecule has 1 aliphatic heterocycles. The Hall–Kier alpha value is -2.29. The van der Waals surface area contributed by atoms with E-state index >= 15 is 0 Å². The van der Waals surface area contributed by atoms with Crippen LogP contribution in [0.15, 0.2) is 71.5 Å². The highest BCUT2D eigenvalue weighted by molar-refractivity contribution is 8.33. The summed E-state index contributed by atoms with van der Waals surface area (Å²) in [6.07, 6.45) is 8.75. The summed E-state index contributed by atoms with van der Waals surface area (Å²) in [6, 6.07) is 18.3. The van der Waals surface area contributed by atoms with Crippen molar-refractivity contribution in [1.29, 1.82) is 0 Å². The third-order valence-corrected chi connectivity index (χ3v) is 9.56. The molecule has 0 amide bonds. The molecule has 0 radical (unpaired) electrons. The molecule has 0 saturated heterocycles. The summed E-state index contributed by atoms with van der Waals surface area (Å²) in [7, 11) is -0.959. The van der Waals surface area contributed by atoms with Crippen molar-refractivity contribution >= 4 is 54.4 Å². The van der Waals surface area contributed by atoms with E-state index in [0.717, 1.165) is 0 Å². The van der Waals surface area contributed by atoms with E-state index in [2.05, 4.69) is 74.2 Å². The minimum atomic E-state index is -0.959. The van der Waals surface area contributed by atoms with Crippen molar-refractivity contribution in [2.75, 3.05) is 12.5 Å². The first-order chi connectivity index (χ1) is 12.6. The van der Waals surface area contributed by atoms with Gasteiger partial charge in [0.1, 0.15) is 0 Å². The van der Waals surface area contributed by atoms with Gasteiger partial charge in [-0.05, 0) is 58.7 Å². The lowest BCUT2D eigenvalue weighted by Crippen LogP contribution is -1.92. The van der Waals surface area contributed by atoms with Crippen LogP contribution in [-0.2, 0) is 0 Å². The van der Waals surface area contributed by atoms with Gasteiger partial charge in [-0.3, -0.25) is 0 Å². The molecule has 0 spiro atoms. The SMILES string of the molecule is C=Cc1sc2ccc3cc4c(cc3c2c1C=C)-c1ccccc1S4(C)C. The van der Waals surface area contributed by atoms with Crippen LogP contribution in [0.5, 0.6) is 0 Å². The molecule has 0 N–H and O–H groups in total. The third kappa shape index (κ3) is 1.92. The van der Waals surface area contributed by atoms with E-state index in [0.29, 0.717) is 0 Å². The summed E-state index contributed by atoms with van der Waals surface area (Å²) in [4.78, 5) is 4.21. The monoisotopic (exact) mass is 372 g/mol. The summed E-state index contributed by atoms with van der Waals surface area (Å²) in [6.45, 7) is 8.05. The largest absolute Gasteiger partial charge is 0.192 e. The maximum atomic E-state index is 4.06. The van der Waals surface area contributed by atoms with Crippen molar-refractivity contribution in [3.63, 3.8) is 0 Å². The smallest absolute Gasteiger partial charge is 0.0361 e. The van der Waals surface area contributed by atoms with Gasteiger partial charge in [0.05, 0.1) is 0 Å². The number of thiophene rings is 1. The Kier molecular flexibility index (Phi) is 3.28. The Morgan fingerprint density at radius 1 is 0.885 bits per heavy atom. The molecule has 0 aliphatic carbocycles. The molecule has 0 unspecified atom stereocenters. The van der Waals surface area contributed by atoms with E-state index in [1.54, 1.807) is 11.3 Å². The van der Waals surface area contributed by atoms with E-state index < -0.39 is 10.0 Å². The maximum Gasteiger partial charge on any atom is 0.0361 e. The molecular weight excluding hydrogens is 352 g/mol. The number of rotatable bonds is 2. The maximum absolute atomic E-state index is 4.06. The zero-order valence-corrected chi connectivity index (χ0v) is 16.6. The molecule has 5 rings (SSSR count). The topological polar surface area (TPSA) is 0 Å². The highest BCUT2D eigenvalue weighted by Gasteiger charge is 2.31. The lowest BCUT2D eigenvalue weighted by atomic mass is 9.97. The normalized spacial score (nSPS) is 15.6. The molecule has 0 nitrogen and oxygen atoms in total. The van der Waals surface area contributed by atoms with Crippen molar-refractivity contribution in [3.8, 4) is 11.1 Å². The second-order valence-electron chi connectivity index (χ2n) is 7.12. The summed E-state index contributed by atoms with van der Waals surface area (Å²) in [5.74, 6) is 0. The summed E-state index contributed by atoms with van der Waals surface area (Å²) < 4.78 is 1.31. The average molecular weight is 373 g/mol. The van der Waals surface area contributed by atoms with E-state index in [4.69, 9.17) is 0 Å². The second kappa shape index (κ2) is 5.35. The fourth-order valence-corrected chi connectivity index (χ4v) is 7.83. The number of fused-ring (bicyclic) bond motifs is 6. The second-order valence-corrected chi connectivity index (χ2v) is 11.7.